The van der Waals surface area contributed by atoms with E-state index in [2.05, 4.69) is 20.3 Å². The third kappa shape index (κ3) is 2.57. The summed E-state index contributed by atoms with van der Waals surface area (Å²) in [6.45, 7) is 1.88. The molecule has 0 saturated carbocycles. The molecule has 3 aromatic heterocycles. The van der Waals surface area contributed by atoms with E-state index >= 15 is 0 Å². The lowest BCUT2D eigenvalue weighted by Gasteiger charge is -2.07. The zero-order valence-corrected chi connectivity index (χ0v) is 13.9. The molecule has 3 heterocycles. The van der Waals surface area contributed by atoms with Crippen LogP contribution in [-0.4, -0.2) is 39.0 Å². The van der Waals surface area contributed by atoms with Crippen LogP contribution in [-0.2, 0) is 0 Å². The van der Waals surface area contributed by atoms with Gasteiger partial charge < -0.3 is 14.0 Å². The summed E-state index contributed by atoms with van der Waals surface area (Å²) >= 11 is 0. The summed E-state index contributed by atoms with van der Waals surface area (Å²) in [6.07, 6.45) is 1.88. The second-order valence-corrected chi connectivity index (χ2v) is 5.39. The van der Waals surface area contributed by atoms with Crippen molar-refractivity contribution in [3.8, 4) is 34.3 Å². The number of fused-ring (bicyclic) bond motifs is 1. The molecule has 8 nitrogen and oxygen atoms in total. The first-order chi connectivity index (χ1) is 12.2. The van der Waals surface area contributed by atoms with Gasteiger partial charge in [-0.05, 0) is 37.3 Å². The number of methoxy groups -OCH3 is 2. The highest BCUT2D eigenvalue weighted by Crippen LogP contribution is 2.32. The standard InChI is InChI=1S/C17H15N5O3/c1-10-19-20-15-7-5-12(9-22(10)15)16-18-17(25-21-16)11-4-6-13(23-2)14(8-11)24-3/h4-9H,1-3H3. The van der Waals surface area contributed by atoms with Crippen LogP contribution in [0.3, 0.4) is 0 Å². The van der Waals surface area contributed by atoms with E-state index in [1.807, 2.05) is 35.7 Å². The molecule has 126 valence electrons. The molecule has 0 fully saturated rings. The highest BCUT2D eigenvalue weighted by molar-refractivity contribution is 5.63. The molecule has 0 aliphatic carbocycles. The van der Waals surface area contributed by atoms with E-state index in [4.69, 9.17) is 14.0 Å². The van der Waals surface area contributed by atoms with Gasteiger partial charge >= 0.3 is 0 Å². The van der Waals surface area contributed by atoms with E-state index in [1.54, 1.807) is 26.4 Å². The van der Waals surface area contributed by atoms with Gasteiger partial charge in [0.1, 0.15) is 5.82 Å². The number of ether oxygens (including phenoxy) is 2. The van der Waals surface area contributed by atoms with Gasteiger partial charge in [0.05, 0.1) is 14.2 Å². The van der Waals surface area contributed by atoms with Gasteiger partial charge in [-0.3, -0.25) is 4.40 Å². The highest BCUT2D eigenvalue weighted by Gasteiger charge is 2.14. The van der Waals surface area contributed by atoms with Crippen molar-refractivity contribution < 1.29 is 14.0 Å². The number of aryl methyl sites for hydroxylation is 1. The predicted octanol–water partition coefficient (Wildman–Crippen LogP) is 2.77. The van der Waals surface area contributed by atoms with Crippen molar-refractivity contribution in [2.24, 2.45) is 0 Å². The molecule has 0 bridgehead atoms. The quantitative estimate of drug-likeness (QED) is 0.566. The summed E-state index contributed by atoms with van der Waals surface area (Å²) in [6, 6.07) is 9.17. The molecule has 0 spiro atoms. The molecule has 0 amide bonds. The molecule has 4 aromatic rings. The van der Waals surface area contributed by atoms with Gasteiger partial charge in [0.15, 0.2) is 17.1 Å². The normalized spacial score (nSPS) is 11.0. The van der Waals surface area contributed by atoms with Crippen LogP contribution < -0.4 is 9.47 Å². The van der Waals surface area contributed by atoms with Crippen molar-refractivity contribution in [2.75, 3.05) is 14.2 Å². The van der Waals surface area contributed by atoms with Crippen molar-refractivity contribution in [1.82, 2.24) is 24.7 Å². The van der Waals surface area contributed by atoms with Crippen LogP contribution in [0.15, 0.2) is 41.1 Å². The summed E-state index contributed by atoms with van der Waals surface area (Å²) in [7, 11) is 3.17. The fourth-order valence-electron chi connectivity index (χ4n) is 2.56. The van der Waals surface area contributed by atoms with Gasteiger partial charge in [0.2, 0.25) is 5.82 Å². The minimum Gasteiger partial charge on any atom is -0.493 e. The summed E-state index contributed by atoms with van der Waals surface area (Å²) in [4.78, 5) is 4.47. The predicted molar refractivity (Wildman–Crippen MR) is 89.6 cm³/mol. The lowest BCUT2D eigenvalue weighted by Crippen LogP contribution is -1.91. The molecule has 0 radical (unpaired) electrons. The summed E-state index contributed by atoms with van der Waals surface area (Å²) in [5, 5.41) is 12.2. The van der Waals surface area contributed by atoms with Crippen molar-refractivity contribution >= 4 is 5.65 Å². The topological polar surface area (TPSA) is 87.6 Å². The number of hydrogen-bond acceptors (Lipinski definition) is 7. The van der Waals surface area contributed by atoms with Crippen LogP contribution in [0.2, 0.25) is 0 Å². The van der Waals surface area contributed by atoms with Crippen molar-refractivity contribution in [1.29, 1.82) is 0 Å². The Hall–Kier alpha value is -3.42. The zero-order valence-electron chi connectivity index (χ0n) is 13.9. The number of nitrogens with zero attached hydrogens (tertiary/aromatic N) is 5. The molecule has 0 unspecified atom stereocenters. The first-order valence-corrected chi connectivity index (χ1v) is 7.57. The number of pyridine rings is 1. The lowest BCUT2D eigenvalue weighted by molar-refractivity contribution is 0.355. The first-order valence-electron chi connectivity index (χ1n) is 7.57. The Morgan fingerprint density at radius 3 is 2.56 bits per heavy atom. The van der Waals surface area contributed by atoms with Gasteiger partial charge in [-0.15, -0.1) is 10.2 Å². The SMILES string of the molecule is COc1ccc(-c2nc(-c3ccc4nnc(C)n4c3)no2)cc1OC. The number of hydrogen-bond donors (Lipinski definition) is 0. The van der Waals surface area contributed by atoms with Crippen LogP contribution in [0.1, 0.15) is 5.82 Å². The minimum atomic E-state index is 0.400. The molecule has 4 rings (SSSR count). The second kappa shape index (κ2) is 5.90. The maximum atomic E-state index is 5.40. The van der Waals surface area contributed by atoms with Crippen LogP contribution in [0.5, 0.6) is 11.5 Å². The van der Waals surface area contributed by atoms with E-state index in [-0.39, 0.29) is 0 Å². The van der Waals surface area contributed by atoms with E-state index in [0.29, 0.717) is 23.2 Å². The third-order valence-corrected chi connectivity index (χ3v) is 3.89. The second-order valence-electron chi connectivity index (χ2n) is 5.39. The maximum absolute atomic E-state index is 5.40. The average Bonchev–Trinajstić information content (AvgIpc) is 3.28. The molecule has 0 aliphatic rings. The smallest absolute Gasteiger partial charge is 0.258 e. The molecular formula is C17H15N5O3. The lowest BCUT2D eigenvalue weighted by atomic mass is 10.2. The fraction of sp³-hybridized carbons (Fsp3) is 0.176. The molecule has 25 heavy (non-hydrogen) atoms. The Morgan fingerprint density at radius 1 is 0.960 bits per heavy atom. The van der Waals surface area contributed by atoms with Gasteiger partial charge in [-0.2, -0.15) is 4.98 Å². The number of benzene rings is 1. The van der Waals surface area contributed by atoms with Crippen LogP contribution >= 0.6 is 0 Å². The Morgan fingerprint density at radius 2 is 1.76 bits per heavy atom. The molecule has 0 saturated heterocycles. The van der Waals surface area contributed by atoms with Crippen LogP contribution in [0, 0.1) is 6.92 Å². The van der Waals surface area contributed by atoms with Gasteiger partial charge in [-0.1, -0.05) is 5.16 Å². The number of aromatic nitrogens is 5. The molecule has 0 N–H and O–H groups in total. The Labute approximate surface area is 143 Å². The Balaban J connectivity index is 1.73. The summed E-state index contributed by atoms with van der Waals surface area (Å²) in [5.41, 5.74) is 2.33. The van der Waals surface area contributed by atoms with Gasteiger partial charge in [0, 0.05) is 17.3 Å². The molecule has 0 atom stereocenters. The highest BCUT2D eigenvalue weighted by atomic mass is 16.5. The summed E-state index contributed by atoms with van der Waals surface area (Å²) in [5.74, 6) is 2.91. The average molecular weight is 337 g/mol. The maximum Gasteiger partial charge on any atom is 0.258 e. The number of rotatable bonds is 4. The van der Waals surface area contributed by atoms with Crippen LogP contribution in [0.4, 0.5) is 0 Å². The van der Waals surface area contributed by atoms with Crippen LogP contribution in [0.25, 0.3) is 28.5 Å². The molecular weight excluding hydrogens is 322 g/mol. The first kappa shape index (κ1) is 15.1. The zero-order chi connectivity index (χ0) is 17.4. The van der Waals surface area contributed by atoms with E-state index < -0.39 is 0 Å². The van der Waals surface area contributed by atoms with Crippen molar-refractivity contribution in [3.63, 3.8) is 0 Å². The monoisotopic (exact) mass is 337 g/mol. The van der Waals surface area contributed by atoms with E-state index in [9.17, 15) is 0 Å². The summed E-state index contributed by atoms with van der Waals surface area (Å²) < 4.78 is 17.8. The van der Waals surface area contributed by atoms with Crippen molar-refractivity contribution in [2.45, 2.75) is 6.92 Å². The molecule has 1 aromatic carbocycles. The Kier molecular flexibility index (Phi) is 3.57. The minimum absolute atomic E-state index is 0.400. The third-order valence-electron chi connectivity index (χ3n) is 3.89. The van der Waals surface area contributed by atoms with Crippen molar-refractivity contribution in [3.05, 3.63) is 42.4 Å². The Bertz CT molecular complexity index is 1050. The van der Waals surface area contributed by atoms with Gasteiger partial charge in [-0.25, -0.2) is 0 Å². The van der Waals surface area contributed by atoms with E-state index in [1.165, 1.54) is 0 Å². The fourth-order valence-corrected chi connectivity index (χ4v) is 2.56. The van der Waals surface area contributed by atoms with Gasteiger partial charge in [0.25, 0.3) is 5.89 Å². The molecule has 8 heteroatoms. The largest absolute Gasteiger partial charge is 0.493 e. The molecule has 0 aliphatic heterocycles. The van der Waals surface area contributed by atoms with E-state index in [0.717, 1.165) is 22.6 Å².